The van der Waals surface area contributed by atoms with Gasteiger partial charge in [0.25, 0.3) is 0 Å². The summed E-state index contributed by atoms with van der Waals surface area (Å²) in [5.74, 6) is 1.63. The van der Waals surface area contributed by atoms with Gasteiger partial charge in [-0.2, -0.15) is 0 Å². The fraction of sp³-hybridized carbons (Fsp3) is 0.421. The van der Waals surface area contributed by atoms with Crippen molar-refractivity contribution in [3.63, 3.8) is 0 Å². The lowest BCUT2D eigenvalue weighted by Gasteiger charge is -2.26. The molecule has 0 amide bonds. The third-order valence-electron chi connectivity index (χ3n) is 5.65. The number of ether oxygens (including phenoxy) is 1. The van der Waals surface area contributed by atoms with Crippen molar-refractivity contribution in [3.8, 4) is 5.75 Å². The largest absolute Gasteiger partial charge is 0.497 e. The fourth-order valence-corrected chi connectivity index (χ4v) is 5.08. The number of hydrogen-bond donors (Lipinski definition) is 1. The lowest BCUT2D eigenvalue weighted by molar-refractivity contribution is 0.159. The molecule has 0 bridgehead atoms. The topological polar surface area (TPSA) is 94.4 Å². The van der Waals surface area contributed by atoms with Crippen LogP contribution in [-0.2, 0) is 12.0 Å². The molecule has 2 aromatic rings. The molecular weight excluding hydrogens is 446 g/mol. The number of anilines is 1. The number of aliphatic hydroxyl groups excluding tert-OH is 1. The van der Waals surface area contributed by atoms with E-state index in [2.05, 4.69) is 35.8 Å². The second kappa shape index (κ2) is 7.44. The average Bonchev–Trinajstić information content (AvgIpc) is 3.15. The van der Waals surface area contributed by atoms with Crippen LogP contribution in [0.1, 0.15) is 24.0 Å². The van der Waals surface area contributed by atoms with Crippen LogP contribution in [0.2, 0.25) is 5.02 Å². The lowest BCUT2D eigenvalue weighted by Crippen LogP contribution is -2.32. The molecule has 0 radical (unpaired) electrons. The van der Waals surface area contributed by atoms with Gasteiger partial charge in [-0.15, -0.1) is 0 Å². The van der Waals surface area contributed by atoms with Gasteiger partial charge in [0.1, 0.15) is 11.6 Å². The molecule has 1 fully saturated rings. The molecule has 1 saturated carbocycles. The molecule has 2 heterocycles. The van der Waals surface area contributed by atoms with Crippen molar-refractivity contribution < 1.29 is 9.84 Å². The highest BCUT2D eigenvalue weighted by Gasteiger charge is 2.53. The van der Waals surface area contributed by atoms with Crippen LogP contribution in [0, 0.1) is 0 Å². The van der Waals surface area contributed by atoms with Gasteiger partial charge in [0.15, 0.2) is 0 Å². The predicted octanol–water partition coefficient (Wildman–Crippen LogP) is 4.60. The summed E-state index contributed by atoms with van der Waals surface area (Å²) >= 11 is 10.1. The first kappa shape index (κ1) is 19.3. The van der Waals surface area contributed by atoms with Crippen molar-refractivity contribution in [1.29, 1.82) is 0 Å². The van der Waals surface area contributed by atoms with Crippen molar-refractivity contribution in [3.05, 3.63) is 61.5 Å². The summed E-state index contributed by atoms with van der Waals surface area (Å²) in [4.78, 5) is 9.72. The molecule has 4 rings (SSSR count). The molecule has 28 heavy (non-hydrogen) atoms. The number of benzene rings is 1. The molecule has 1 aromatic heterocycles. The van der Waals surface area contributed by atoms with Crippen LogP contribution in [0.5, 0.6) is 5.75 Å². The normalized spacial score (nSPS) is 25.6. The van der Waals surface area contributed by atoms with Crippen LogP contribution in [0.4, 0.5) is 5.82 Å². The molecule has 0 saturated heterocycles. The minimum Gasteiger partial charge on any atom is -0.497 e. The molecule has 1 aliphatic carbocycles. The second-order valence-electron chi connectivity index (χ2n) is 7.35. The van der Waals surface area contributed by atoms with Gasteiger partial charge in [-0.3, -0.25) is 0 Å². The second-order valence-corrected chi connectivity index (χ2v) is 8.58. The fourth-order valence-electron chi connectivity index (χ4n) is 4.44. The molecule has 1 aliphatic heterocycles. The SMILES string of the molecule is COc1ccc(CN2C[C@@]3(C[C@H](N=[N+]=[N-])[C@@H](O)C3)c3c2ncc(Br)c3Cl)cc1. The van der Waals surface area contributed by atoms with Crippen LogP contribution in [0.15, 0.2) is 40.0 Å². The van der Waals surface area contributed by atoms with Crippen LogP contribution < -0.4 is 9.64 Å². The molecular formula is C19H19BrClN5O2. The maximum atomic E-state index is 10.5. The molecule has 1 N–H and O–H groups in total. The zero-order valence-electron chi connectivity index (χ0n) is 15.2. The van der Waals surface area contributed by atoms with Gasteiger partial charge in [0.2, 0.25) is 0 Å². The number of pyridine rings is 1. The zero-order chi connectivity index (χ0) is 19.9. The quantitative estimate of drug-likeness (QED) is 0.406. The highest BCUT2D eigenvalue weighted by atomic mass is 79.9. The summed E-state index contributed by atoms with van der Waals surface area (Å²) in [6.45, 7) is 1.32. The summed E-state index contributed by atoms with van der Waals surface area (Å²) in [5.41, 5.74) is 10.5. The van der Waals surface area contributed by atoms with Crippen LogP contribution in [-0.4, -0.2) is 35.9 Å². The first-order chi connectivity index (χ1) is 13.5. The van der Waals surface area contributed by atoms with Gasteiger partial charge >= 0.3 is 0 Å². The Hall–Kier alpha value is -1.99. The highest BCUT2D eigenvalue weighted by Crippen LogP contribution is 2.54. The van der Waals surface area contributed by atoms with E-state index in [9.17, 15) is 5.11 Å². The first-order valence-corrected chi connectivity index (χ1v) is 10.1. The Kier molecular flexibility index (Phi) is 5.14. The number of methoxy groups -OCH3 is 1. The summed E-state index contributed by atoms with van der Waals surface area (Å²) in [6, 6.07) is 7.45. The maximum Gasteiger partial charge on any atom is 0.134 e. The number of aliphatic hydroxyl groups is 1. The first-order valence-electron chi connectivity index (χ1n) is 8.92. The van der Waals surface area contributed by atoms with E-state index in [1.54, 1.807) is 13.3 Å². The Bertz CT molecular complexity index is 950. The third-order valence-corrected chi connectivity index (χ3v) is 6.87. The Morgan fingerprint density at radius 1 is 1.43 bits per heavy atom. The Morgan fingerprint density at radius 2 is 2.18 bits per heavy atom. The molecule has 7 nitrogen and oxygen atoms in total. The molecule has 2 aliphatic rings. The number of nitrogens with zero attached hydrogens (tertiary/aromatic N) is 5. The standard InChI is InChI=1S/C19H19BrClN5O2/c1-28-12-4-2-11(3-5-12)9-26-10-19(6-14(24-25-22)15(27)7-19)16-17(21)13(20)8-23-18(16)26/h2-5,8,14-15,27H,6-7,9-10H2,1H3/t14-,15-,19-/m0/s1. The lowest BCUT2D eigenvalue weighted by atomic mass is 9.81. The molecule has 3 atom stereocenters. The van der Waals surface area contributed by atoms with Gasteiger partial charge in [-0.25, -0.2) is 4.98 Å². The number of hydrogen-bond acceptors (Lipinski definition) is 5. The van der Waals surface area contributed by atoms with Crippen molar-refractivity contribution >= 4 is 33.3 Å². The monoisotopic (exact) mass is 463 g/mol. The van der Waals surface area contributed by atoms with E-state index in [-0.39, 0.29) is 0 Å². The summed E-state index contributed by atoms with van der Waals surface area (Å²) in [6.07, 6.45) is 2.04. The zero-order valence-corrected chi connectivity index (χ0v) is 17.6. The number of fused-ring (bicyclic) bond motifs is 2. The van der Waals surface area contributed by atoms with Crippen LogP contribution in [0.25, 0.3) is 10.4 Å². The van der Waals surface area contributed by atoms with Crippen LogP contribution in [0.3, 0.4) is 0 Å². The maximum absolute atomic E-state index is 10.5. The number of rotatable bonds is 4. The Labute approximate surface area is 176 Å². The van der Waals surface area contributed by atoms with Gasteiger partial charge in [-0.05, 0) is 52.0 Å². The smallest absolute Gasteiger partial charge is 0.134 e. The van der Waals surface area contributed by atoms with E-state index in [0.29, 0.717) is 31.0 Å². The predicted molar refractivity (Wildman–Crippen MR) is 111 cm³/mol. The third kappa shape index (κ3) is 3.20. The molecule has 1 aromatic carbocycles. The number of aromatic nitrogens is 1. The Morgan fingerprint density at radius 3 is 2.86 bits per heavy atom. The molecule has 9 heteroatoms. The molecule has 0 unspecified atom stereocenters. The van der Waals surface area contributed by atoms with E-state index < -0.39 is 17.6 Å². The molecule has 146 valence electrons. The average molecular weight is 465 g/mol. The highest BCUT2D eigenvalue weighted by molar-refractivity contribution is 9.10. The van der Waals surface area contributed by atoms with Crippen molar-refractivity contribution in [2.75, 3.05) is 18.6 Å². The van der Waals surface area contributed by atoms with Gasteiger partial charge in [-0.1, -0.05) is 28.8 Å². The minimum atomic E-state index is -0.695. The summed E-state index contributed by atoms with van der Waals surface area (Å²) in [7, 11) is 1.64. The van der Waals surface area contributed by atoms with Gasteiger partial charge in [0.05, 0.1) is 28.8 Å². The van der Waals surface area contributed by atoms with E-state index in [0.717, 1.165) is 27.2 Å². The van der Waals surface area contributed by atoms with E-state index in [4.69, 9.17) is 21.9 Å². The van der Waals surface area contributed by atoms with E-state index in [1.807, 2.05) is 24.3 Å². The van der Waals surface area contributed by atoms with Crippen molar-refractivity contribution in [2.45, 2.75) is 36.9 Å². The van der Waals surface area contributed by atoms with Gasteiger partial charge in [0, 0.05) is 35.2 Å². The summed E-state index contributed by atoms with van der Waals surface area (Å²) < 4.78 is 5.95. The van der Waals surface area contributed by atoms with Crippen molar-refractivity contribution in [1.82, 2.24) is 4.98 Å². The minimum absolute atomic E-state index is 0.395. The summed E-state index contributed by atoms with van der Waals surface area (Å²) in [5, 5.41) is 14.9. The van der Waals surface area contributed by atoms with Gasteiger partial charge < -0.3 is 14.7 Å². The van der Waals surface area contributed by atoms with Crippen LogP contribution >= 0.6 is 27.5 Å². The number of azide groups is 1. The van der Waals surface area contributed by atoms with E-state index >= 15 is 0 Å². The van der Waals surface area contributed by atoms with E-state index in [1.165, 1.54) is 0 Å². The van der Waals surface area contributed by atoms with Crippen molar-refractivity contribution in [2.24, 2.45) is 5.11 Å². The Balaban J connectivity index is 1.72. The number of halogens is 2. The molecule has 1 spiro atoms.